The van der Waals surface area contributed by atoms with Gasteiger partial charge in [-0.1, -0.05) is 18.2 Å². The first-order chi connectivity index (χ1) is 10.1. The van der Waals surface area contributed by atoms with E-state index in [-0.39, 0.29) is 11.9 Å². The predicted octanol–water partition coefficient (Wildman–Crippen LogP) is 2.67. The third-order valence-electron chi connectivity index (χ3n) is 3.86. The molecule has 1 amide bonds. The number of hydrogen-bond acceptors (Lipinski definition) is 3. The number of carboxylic acid groups (broad SMARTS) is 1. The Morgan fingerprint density at radius 3 is 2.86 bits per heavy atom. The number of aryl methyl sites for hydroxylation is 1. The van der Waals surface area contributed by atoms with Crippen molar-refractivity contribution < 1.29 is 14.7 Å². The van der Waals surface area contributed by atoms with E-state index in [2.05, 4.69) is 6.92 Å². The Morgan fingerprint density at radius 1 is 1.33 bits per heavy atom. The predicted molar refractivity (Wildman–Crippen MR) is 84.8 cm³/mol. The van der Waals surface area contributed by atoms with Crippen LogP contribution in [-0.4, -0.2) is 46.0 Å². The first kappa shape index (κ1) is 15.9. The zero-order valence-electron chi connectivity index (χ0n) is 12.2. The third kappa shape index (κ3) is 4.24. The number of aromatic carboxylic acids is 1. The van der Waals surface area contributed by atoms with Crippen molar-refractivity contribution in [2.45, 2.75) is 32.2 Å². The molecule has 5 heteroatoms. The van der Waals surface area contributed by atoms with Gasteiger partial charge in [-0.05, 0) is 37.1 Å². The Hall–Kier alpha value is -1.49. The quantitative estimate of drug-likeness (QED) is 0.929. The van der Waals surface area contributed by atoms with E-state index in [1.54, 1.807) is 18.2 Å². The second kappa shape index (κ2) is 7.50. The van der Waals surface area contributed by atoms with Crippen LogP contribution in [0.25, 0.3) is 0 Å². The summed E-state index contributed by atoms with van der Waals surface area (Å²) in [5.41, 5.74) is 1.03. The molecular formula is C16H21NO3S. The monoisotopic (exact) mass is 307 g/mol. The first-order valence-corrected chi connectivity index (χ1v) is 8.43. The second-order valence-corrected chi connectivity index (χ2v) is 6.52. The van der Waals surface area contributed by atoms with E-state index >= 15 is 0 Å². The van der Waals surface area contributed by atoms with Crippen molar-refractivity contribution in [1.82, 2.24) is 4.90 Å². The molecule has 1 aromatic rings. The maximum absolute atomic E-state index is 12.4. The maximum Gasteiger partial charge on any atom is 0.335 e. The lowest BCUT2D eigenvalue weighted by Gasteiger charge is -2.27. The zero-order chi connectivity index (χ0) is 15.2. The number of rotatable bonds is 4. The molecule has 1 atom stereocenters. The highest BCUT2D eigenvalue weighted by atomic mass is 32.2. The van der Waals surface area contributed by atoms with Gasteiger partial charge < -0.3 is 10.0 Å². The minimum atomic E-state index is -0.933. The van der Waals surface area contributed by atoms with Gasteiger partial charge in [0.05, 0.1) is 5.56 Å². The SMILES string of the molecule is CC1CCSCCN1C(=O)CCc1ccccc1C(=O)O. The summed E-state index contributed by atoms with van der Waals surface area (Å²) in [7, 11) is 0. The van der Waals surface area contributed by atoms with Crippen molar-refractivity contribution in [2.24, 2.45) is 0 Å². The van der Waals surface area contributed by atoms with Crippen LogP contribution < -0.4 is 0 Å². The number of nitrogens with zero attached hydrogens (tertiary/aromatic N) is 1. The minimum Gasteiger partial charge on any atom is -0.478 e. The normalized spacial score (nSPS) is 19.1. The van der Waals surface area contributed by atoms with Crippen LogP contribution in [-0.2, 0) is 11.2 Å². The summed E-state index contributed by atoms with van der Waals surface area (Å²) in [5.74, 6) is 1.29. The Morgan fingerprint density at radius 2 is 2.10 bits per heavy atom. The number of carbonyl (C=O) groups excluding carboxylic acids is 1. The van der Waals surface area contributed by atoms with E-state index in [9.17, 15) is 9.59 Å². The molecule has 2 rings (SSSR count). The fourth-order valence-corrected chi connectivity index (χ4v) is 3.64. The molecule has 1 fully saturated rings. The second-order valence-electron chi connectivity index (χ2n) is 5.30. The van der Waals surface area contributed by atoms with E-state index in [4.69, 9.17) is 5.11 Å². The van der Waals surface area contributed by atoms with Crippen molar-refractivity contribution in [3.05, 3.63) is 35.4 Å². The molecule has 4 nitrogen and oxygen atoms in total. The van der Waals surface area contributed by atoms with Crippen LogP contribution in [0.4, 0.5) is 0 Å². The number of benzene rings is 1. The molecule has 0 saturated carbocycles. The molecule has 1 unspecified atom stereocenters. The van der Waals surface area contributed by atoms with E-state index in [1.807, 2.05) is 22.7 Å². The summed E-state index contributed by atoms with van der Waals surface area (Å²) in [6.45, 7) is 2.89. The van der Waals surface area contributed by atoms with Gasteiger partial charge in [0.2, 0.25) is 5.91 Å². The molecule has 1 heterocycles. The topological polar surface area (TPSA) is 57.6 Å². The zero-order valence-corrected chi connectivity index (χ0v) is 13.1. The molecule has 1 N–H and O–H groups in total. The molecule has 1 aliphatic rings. The van der Waals surface area contributed by atoms with Crippen molar-refractivity contribution in [2.75, 3.05) is 18.1 Å². The minimum absolute atomic E-state index is 0.130. The highest BCUT2D eigenvalue weighted by molar-refractivity contribution is 7.99. The smallest absolute Gasteiger partial charge is 0.335 e. The fourth-order valence-electron chi connectivity index (χ4n) is 2.60. The van der Waals surface area contributed by atoms with Gasteiger partial charge in [-0.2, -0.15) is 11.8 Å². The van der Waals surface area contributed by atoms with Gasteiger partial charge in [0.1, 0.15) is 0 Å². The molecule has 21 heavy (non-hydrogen) atoms. The molecular weight excluding hydrogens is 286 g/mol. The number of hydrogen-bond donors (Lipinski definition) is 1. The summed E-state index contributed by atoms with van der Waals surface area (Å²) in [6.07, 6.45) is 1.89. The van der Waals surface area contributed by atoms with Gasteiger partial charge >= 0.3 is 5.97 Å². The summed E-state index contributed by atoms with van der Waals surface area (Å²) >= 11 is 1.89. The summed E-state index contributed by atoms with van der Waals surface area (Å²) in [6, 6.07) is 7.19. The van der Waals surface area contributed by atoms with Gasteiger partial charge in [-0.25, -0.2) is 4.79 Å². The Bertz CT molecular complexity index is 518. The average Bonchev–Trinajstić information content (AvgIpc) is 2.69. The molecule has 0 aliphatic carbocycles. The molecule has 0 radical (unpaired) electrons. The van der Waals surface area contributed by atoms with Crippen LogP contribution in [0.5, 0.6) is 0 Å². The van der Waals surface area contributed by atoms with Crippen molar-refractivity contribution in [3.8, 4) is 0 Å². The van der Waals surface area contributed by atoms with Gasteiger partial charge in [-0.15, -0.1) is 0 Å². The van der Waals surface area contributed by atoms with Gasteiger partial charge in [-0.3, -0.25) is 4.79 Å². The Balaban J connectivity index is 1.99. The molecule has 0 bridgehead atoms. The molecule has 114 valence electrons. The highest BCUT2D eigenvalue weighted by Crippen LogP contribution is 2.18. The molecule has 1 aliphatic heterocycles. The lowest BCUT2D eigenvalue weighted by atomic mass is 10.0. The number of carboxylic acids is 1. The third-order valence-corrected chi connectivity index (χ3v) is 4.86. The van der Waals surface area contributed by atoms with Crippen LogP contribution in [0.15, 0.2) is 24.3 Å². The van der Waals surface area contributed by atoms with Gasteiger partial charge in [0, 0.05) is 24.8 Å². The average molecular weight is 307 g/mol. The van der Waals surface area contributed by atoms with Crippen molar-refractivity contribution in [3.63, 3.8) is 0 Å². The van der Waals surface area contributed by atoms with Crippen LogP contribution in [0.1, 0.15) is 35.7 Å². The van der Waals surface area contributed by atoms with Crippen molar-refractivity contribution >= 4 is 23.6 Å². The molecule has 1 aromatic carbocycles. The van der Waals surface area contributed by atoms with Crippen molar-refractivity contribution in [1.29, 1.82) is 0 Å². The highest BCUT2D eigenvalue weighted by Gasteiger charge is 2.22. The number of carbonyl (C=O) groups is 2. The maximum atomic E-state index is 12.4. The fraction of sp³-hybridized carbons (Fsp3) is 0.500. The number of amides is 1. The lowest BCUT2D eigenvalue weighted by Crippen LogP contribution is -2.39. The van der Waals surface area contributed by atoms with Crippen LogP contribution >= 0.6 is 11.8 Å². The van der Waals surface area contributed by atoms with E-state index in [0.717, 1.165) is 30.0 Å². The van der Waals surface area contributed by atoms with Crippen LogP contribution in [0, 0.1) is 0 Å². The summed E-state index contributed by atoms with van der Waals surface area (Å²) < 4.78 is 0. The van der Waals surface area contributed by atoms with Gasteiger partial charge in [0.25, 0.3) is 0 Å². The standard InChI is InChI=1S/C16H21NO3S/c1-12-8-10-21-11-9-17(12)15(18)7-6-13-4-2-3-5-14(13)16(19)20/h2-5,12H,6-11H2,1H3,(H,19,20). The summed E-state index contributed by atoms with van der Waals surface area (Å²) in [5, 5.41) is 9.16. The van der Waals surface area contributed by atoms with Gasteiger partial charge in [0.15, 0.2) is 0 Å². The number of thioether (sulfide) groups is 1. The Kier molecular flexibility index (Phi) is 5.67. The summed E-state index contributed by atoms with van der Waals surface area (Å²) in [4.78, 5) is 25.5. The van der Waals surface area contributed by atoms with E-state index in [0.29, 0.717) is 18.4 Å². The molecule has 1 saturated heterocycles. The Labute approximate surface area is 129 Å². The van der Waals surface area contributed by atoms with E-state index < -0.39 is 5.97 Å². The largest absolute Gasteiger partial charge is 0.478 e. The van der Waals surface area contributed by atoms with E-state index in [1.165, 1.54) is 0 Å². The van der Waals surface area contributed by atoms with Crippen LogP contribution in [0.3, 0.4) is 0 Å². The molecule has 0 aromatic heterocycles. The first-order valence-electron chi connectivity index (χ1n) is 7.28. The lowest BCUT2D eigenvalue weighted by molar-refractivity contribution is -0.132. The molecule has 0 spiro atoms. The van der Waals surface area contributed by atoms with Crippen LogP contribution in [0.2, 0.25) is 0 Å².